The third kappa shape index (κ3) is 4.20. The van der Waals surface area contributed by atoms with Gasteiger partial charge in [0.1, 0.15) is 5.75 Å². The zero-order chi connectivity index (χ0) is 20.2. The van der Waals surface area contributed by atoms with E-state index in [2.05, 4.69) is 50.5 Å². The molecule has 1 atom stereocenters. The molecule has 4 nitrogen and oxygen atoms in total. The van der Waals surface area contributed by atoms with E-state index in [1.165, 1.54) is 0 Å². The van der Waals surface area contributed by atoms with Gasteiger partial charge in [-0.25, -0.2) is 0 Å². The molecule has 4 aromatic rings. The highest BCUT2D eigenvalue weighted by molar-refractivity contribution is 9.10. The van der Waals surface area contributed by atoms with Gasteiger partial charge in [0, 0.05) is 39.6 Å². The third-order valence-electron chi connectivity index (χ3n) is 5.07. The quantitative estimate of drug-likeness (QED) is 0.409. The van der Waals surface area contributed by atoms with Crippen molar-refractivity contribution in [2.75, 3.05) is 13.7 Å². The van der Waals surface area contributed by atoms with E-state index >= 15 is 0 Å². The number of carbonyl (C=O) groups excluding carboxylic acids is 1. The molecular weight excluding hydrogens is 428 g/mol. The Morgan fingerprint density at radius 1 is 1.07 bits per heavy atom. The molecule has 0 saturated heterocycles. The van der Waals surface area contributed by atoms with Gasteiger partial charge in [-0.05, 0) is 47.5 Å². The predicted molar refractivity (Wildman–Crippen MR) is 120 cm³/mol. The van der Waals surface area contributed by atoms with Crippen LogP contribution in [0, 0.1) is 0 Å². The molecule has 1 aromatic heterocycles. The molecule has 0 spiro atoms. The van der Waals surface area contributed by atoms with Crippen molar-refractivity contribution in [1.29, 1.82) is 0 Å². The van der Waals surface area contributed by atoms with Crippen molar-refractivity contribution >= 4 is 32.7 Å². The average molecular weight is 449 g/mol. The van der Waals surface area contributed by atoms with Crippen LogP contribution in [0.4, 0.5) is 0 Å². The lowest BCUT2D eigenvalue weighted by Crippen LogP contribution is -2.28. The first kappa shape index (κ1) is 19.3. The van der Waals surface area contributed by atoms with Gasteiger partial charge in [-0.3, -0.25) is 4.79 Å². The number of para-hydroxylation sites is 1. The molecule has 0 saturated carbocycles. The van der Waals surface area contributed by atoms with Crippen LogP contribution in [0.3, 0.4) is 0 Å². The Morgan fingerprint density at radius 2 is 1.86 bits per heavy atom. The van der Waals surface area contributed by atoms with E-state index in [1.807, 2.05) is 42.6 Å². The van der Waals surface area contributed by atoms with Crippen molar-refractivity contribution in [2.45, 2.75) is 5.92 Å². The topological polar surface area (TPSA) is 54.1 Å². The Morgan fingerprint density at radius 3 is 2.66 bits per heavy atom. The van der Waals surface area contributed by atoms with E-state index < -0.39 is 0 Å². The van der Waals surface area contributed by atoms with Gasteiger partial charge >= 0.3 is 0 Å². The average Bonchev–Trinajstić information content (AvgIpc) is 3.19. The van der Waals surface area contributed by atoms with Crippen LogP contribution in [0.2, 0.25) is 0 Å². The van der Waals surface area contributed by atoms with E-state index in [1.54, 1.807) is 19.2 Å². The summed E-state index contributed by atoms with van der Waals surface area (Å²) in [5.41, 5.74) is 3.97. The van der Waals surface area contributed by atoms with Crippen LogP contribution < -0.4 is 10.1 Å². The number of nitrogens with one attached hydrogen (secondary N) is 2. The minimum absolute atomic E-state index is 0.0220. The lowest BCUT2D eigenvalue weighted by Gasteiger charge is -2.18. The Balaban J connectivity index is 1.64. The van der Waals surface area contributed by atoms with Crippen molar-refractivity contribution < 1.29 is 9.53 Å². The number of halogens is 1. The highest BCUT2D eigenvalue weighted by atomic mass is 79.9. The van der Waals surface area contributed by atoms with Gasteiger partial charge in [-0.2, -0.15) is 0 Å². The van der Waals surface area contributed by atoms with Crippen molar-refractivity contribution in [3.8, 4) is 5.75 Å². The zero-order valence-electron chi connectivity index (χ0n) is 16.0. The fraction of sp³-hybridized carbons (Fsp3) is 0.125. The van der Waals surface area contributed by atoms with Gasteiger partial charge in [-0.15, -0.1) is 0 Å². The molecule has 4 rings (SSSR count). The minimum Gasteiger partial charge on any atom is -0.497 e. The molecular formula is C24H21BrN2O2. The number of methoxy groups -OCH3 is 1. The Labute approximate surface area is 178 Å². The Bertz CT molecular complexity index is 1140. The highest BCUT2D eigenvalue weighted by Gasteiger charge is 2.19. The normalized spacial score (nSPS) is 11.9. The van der Waals surface area contributed by atoms with Crippen molar-refractivity contribution in [1.82, 2.24) is 10.3 Å². The third-order valence-corrected chi connectivity index (χ3v) is 5.60. The number of hydrogen-bond donors (Lipinski definition) is 2. The van der Waals surface area contributed by atoms with Crippen LogP contribution in [0.25, 0.3) is 10.9 Å². The fourth-order valence-electron chi connectivity index (χ4n) is 3.55. The number of benzene rings is 3. The zero-order valence-corrected chi connectivity index (χ0v) is 17.6. The summed E-state index contributed by atoms with van der Waals surface area (Å²) in [6.45, 7) is 0.486. The molecule has 146 valence electrons. The molecule has 5 heteroatoms. The summed E-state index contributed by atoms with van der Waals surface area (Å²) in [5.74, 6) is 0.568. The maximum atomic E-state index is 12.8. The van der Waals surface area contributed by atoms with E-state index in [0.29, 0.717) is 17.9 Å². The standard InChI is InChI=1S/C24H21BrN2O2/c1-29-19-6-4-5-17(13-19)24(28)27-14-21(16-9-11-18(25)12-10-16)22-15-26-23-8-3-2-7-20(22)23/h2-13,15,21,26H,14H2,1H3,(H,27,28)/t21-/m0/s1. The van der Waals surface area contributed by atoms with Crippen LogP contribution in [0.5, 0.6) is 5.75 Å². The molecule has 1 amide bonds. The number of ether oxygens (including phenoxy) is 1. The molecule has 0 fully saturated rings. The van der Waals surface area contributed by atoms with Gasteiger partial charge in [-0.1, -0.05) is 52.3 Å². The van der Waals surface area contributed by atoms with Crippen LogP contribution in [-0.2, 0) is 0 Å². The van der Waals surface area contributed by atoms with E-state index in [0.717, 1.165) is 26.5 Å². The second kappa shape index (κ2) is 8.53. The number of amides is 1. The van der Waals surface area contributed by atoms with E-state index in [4.69, 9.17) is 4.74 Å². The van der Waals surface area contributed by atoms with Crippen molar-refractivity contribution in [3.05, 3.63) is 100 Å². The summed E-state index contributed by atoms with van der Waals surface area (Å²) < 4.78 is 6.26. The van der Waals surface area contributed by atoms with Gasteiger partial charge in [0.15, 0.2) is 0 Å². The summed E-state index contributed by atoms with van der Waals surface area (Å²) in [7, 11) is 1.59. The Hall–Kier alpha value is -3.05. The summed E-state index contributed by atoms with van der Waals surface area (Å²) in [6.07, 6.45) is 2.04. The number of H-pyrrole nitrogens is 1. The molecule has 0 radical (unpaired) electrons. The molecule has 0 aliphatic carbocycles. The first-order valence-electron chi connectivity index (χ1n) is 9.39. The van der Waals surface area contributed by atoms with Crippen LogP contribution in [-0.4, -0.2) is 24.5 Å². The van der Waals surface area contributed by atoms with Crippen molar-refractivity contribution in [2.24, 2.45) is 0 Å². The SMILES string of the molecule is COc1cccc(C(=O)NC[C@@H](c2ccc(Br)cc2)c2c[nH]c3ccccc23)c1. The highest BCUT2D eigenvalue weighted by Crippen LogP contribution is 2.31. The second-order valence-corrected chi connectivity index (χ2v) is 7.75. The first-order valence-corrected chi connectivity index (χ1v) is 10.2. The van der Waals surface area contributed by atoms with E-state index in [9.17, 15) is 4.79 Å². The molecule has 3 aromatic carbocycles. The van der Waals surface area contributed by atoms with Gasteiger partial charge in [0.05, 0.1) is 7.11 Å². The van der Waals surface area contributed by atoms with Crippen LogP contribution in [0.15, 0.2) is 83.5 Å². The molecule has 0 bridgehead atoms. The largest absolute Gasteiger partial charge is 0.497 e. The maximum Gasteiger partial charge on any atom is 0.251 e. The van der Waals surface area contributed by atoms with E-state index in [-0.39, 0.29) is 11.8 Å². The second-order valence-electron chi connectivity index (χ2n) is 6.84. The van der Waals surface area contributed by atoms with Crippen molar-refractivity contribution in [3.63, 3.8) is 0 Å². The summed E-state index contributed by atoms with van der Waals surface area (Å²) in [6, 6.07) is 23.6. The number of fused-ring (bicyclic) bond motifs is 1. The first-order chi connectivity index (χ1) is 14.2. The molecule has 0 aliphatic heterocycles. The molecule has 29 heavy (non-hydrogen) atoms. The summed E-state index contributed by atoms with van der Waals surface area (Å²) >= 11 is 3.50. The molecule has 1 heterocycles. The molecule has 0 unspecified atom stereocenters. The Kier molecular flexibility index (Phi) is 5.67. The van der Waals surface area contributed by atoms with Crippen LogP contribution in [0.1, 0.15) is 27.4 Å². The predicted octanol–water partition coefficient (Wildman–Crippen LogP) is 5.50. The van der Waals surface area contributed by atoms with Crippen LogP contribution >= 0.6 is 15.9 Å². The van der Waals surface area contributed by atoms with Gasteiger partial charge < -0.3 is 15.0 Å². The molecule has 0 aliphatic rings. The lowest BCUT2D eigenvalue weighted by atomic mass is 9.91. The van der Waals surface area contributed by atoms with Gasteiger partial charge in [0.25, 0.3) is 5.91 Å². The monoisotopic (exact) mass is 448 g/mol. The van der Waals surface area contributed by atoms with Gasteiger partial charge in [0.2, 0.25) is 0 Å². The number of aromatic amines is 1. The lowest BCUT2D eigenvalue weighted by molar-refractivity contribution is 0.0952. The minimum atomic E-state index is -0.120. The number of rotatable bonds is 6. The number of hydrogen-bond acceptors (Lipinski definition) is 2. The maximum absolute atomic E-state index is 12.8. The molecule has 2 N–H and O–H groups in total. The smallest absolute Gasteiger partial charge is 0.251 e. The summed E-state index contributed by atoms with van der Waals surface area (Å²) in [4.78, 5) is 16.1. The number of carbonyl (C=O) groups is 1. The fourth-order valence-corrected chi connectivity index (χ4v) is 3.81. The number of aromatic nitrogens is 1. The summed E-state index contributed by atoms with van der Waals surface area (Å²) in [5, 5.41) is 4.26.